The summed E-state index contributed by atoms with van der Waals surface area (Å²) in [5.74, 6) is -0.499. The molecule has 10 heteroatoms. The highest BCUT2D eigenvalue weighted by molar-refractivity contribution is 9.10. The van der Waals surface area contributed by atoms with E-state index < -0.39 is 28.3 Å². The molecule has 3 aromatic rings. The van der Waals surface area contributed by atoms with E-state index in [0.29, 0.717) is 24.7 Å². The van der Waals surface area contributed by atoms with E-state index in [1.807, 2.05) is 0 Å². The number of hydrogen-bond acceptors (Lipinski definition) is 5. The fourth-order valence-corrected chi connectivity index (χ4v) is 4.98. The molecule has 0 aromatic heterocycles. The molecule has 0 saturated heterocycles. The maximum Gasteiger partial charge on any atom is 0.264 e. The van der Waals surface area contributed by atoms with E-state index in [1.54, 1.807) is 24.3 Å². The summed E-state index contributed by atoms with van der Waals surface area (Å²) in [5.41, 5.74) is 0.504. The SMILES string of the molecule is O=C(CN(c1cccc(F)c1)S(=O)(=O)c1ccc2c(c1)OCCO2)Nc1cccc(Br)c1. The van der Waals surface area contributed by atoms with Crippen molar-refractivity contribution < 1.29 is 27.1 Å². The van der Waals surface area contributed by atoms with Gasteiger partial charge in [0.15, 0.2) is 11.5 Å². The number of nitrogens with one attached hydrogen (secondary N) is 1. The summed E-state index contributed by atoms with van der Waals surface area (Å²) in [6, 6.07) is 16.1. The first-order valence-corrected chi connectivity index (χ1v) is 11.8. The zero-order valence-electron chi connectivity index (χ0n) is 16.6. The average molecular weight is 521 g/mol. The van der Waals surface area contributed by atoms with Crippen LogP contribution < -0.4 is 19.1 Å². The first kappa shape index (κ1) is 22.1. The molecule has 1 aliphatic heterocycles. The third-order valence-electron chi connectivity index (χ3n) is 4.59. The van der Waals surface area contributed by atoms with E-state index in [4.69, 9.17) is 9.47 Å². The third kappa shape index (κ3) is 4.86. The Morgan fingerprint density at radius 2 is 1.75 bits per heavy atom. The fraction of sp³-hybridized carbons (Fsp3) is 0.136. The summed E-state index contributed by atoms with van der Waals surface area (Å²) < 4.78 is 53.4. The van der Waals surface area contributed by atoms with Crippen molar-refractivity contribution in [2.45, 2.75) is 4.90 Å². The van der Waals surface area contributed by atoms with Gasteiger partial charge in [0, 0.05) is 16.2 Å². The van der Waals surface area contributed by atoms with Crippen molar-refractivity contribution in [1.82, 2.24) is 0 Å². The number of hydrogen-bond donors (Lipinski definition) is 1. The second-order valence-corrected chi connectivity index (χ2v) is 9.63. The fourth-order valence-electron chi connectivity index (χ4n) is 3.15. The van der Waals surface area contributed by atoms with Gasteiger partial charge in [-0.2, -0.15) is 0 Å². The van der Waals surface area contributed by atoms with E-state index in [1.165, 1.54) is 36.4 Å². The smallest absolute Gasteiger partial charge is 0.264 e. The zero-order chi connectivity index (χ0) is 22.7. The lowest BCUT2D eigenvalue weighted by Gasteiger charge is -2.25. The van der Waals surface area contributed by atoms with Gasteiger partial charge in [0.1, 0.15) is 25.6 Å². The predicted octanol–water partition coefficient (Wildman–Crippen LogP) is 4.19. The molecule has 0 bridgehead atoms. The Morgan fingerprint density at radius 1 is 1.00 bits per heavy atom. The molecule has 166 valence electrons. The van der Waals surface area contributed by atoms with Crippen molar-refractivity contribution in [3.05, 3.63) is 77.0 Å². The first-order chi connectivity index (χ1) is 15.3. The number of anilines is 2. The van der Waals surface area contributed by atoms with Crippen LogP contribution in [0.1, 0.15) is 0 Å². The Hall–Kier alpha value is -3.11. The lowest BCUT2D eigenvalue weighted by Crippen LogP contribution is -2.38. The number of sulfonamides is 1. The van der Waals surface area contributed by atoms with Crippen molar-refractivity contribution >= 4 is 43.2 Å². The number of benzene rings is 3. The summed E-state index contributed by atoms with van der Waals surface area (Å²) in [6.45, 7) is 0.0934. The Labute approximate surface area is 192 Å². The summed E-state index contributed by atoms with van der Waals surface area (Å²) >= 11 is 3.32. The molecule has 0 fully saturated rings. The number of halogens is 2. The minimum Gasteiger partial charge on any atom is -0.486 e. The highest BCUT2D eigenvalue weighted by atomic mass is 79.9. The van der Waals surface area contributed by atoms with Crippen LogP contribution >= 0.6 is 15.9 Å². The number of nitrogens with zero attached hydrogens (tertiary/aromatic N) is 1. The van der Waals surface area contributed by atoms with Gasteiger partial charge in [-0.1, -0.05) is 28.1 Å². The molecule has 7 nitrogen and oxygen atoms in total. The average Bonchev–Trinajstić information content (AvgIpc) is 2.77. The Balaban J connectivity index is 1.68. The summed E-state index contributed by atoms with van der Waals surface area (Å²) in [4.78, 5) is 12.6. The summed E-state index contributed by atoms with van der Waals surface area (Å²) in [7, 11) is -4.24. The van der Waals surface area contributed by atoms with Crippen LogP contribution in [0.5, 0.6) is 11.5 Å². The van der Waals surface area contributed by atoms with Gasteiger partial charge in [-0.05, 0) is 48.5 Å². The van der Waals surface area contributed by atoms with Gasteiger partial charge >= 0.3 is 0 Å². The van der Waals surface area contributed by atoms with Crippen molar-refractivity contribution in [3.63, 3.8) is 0 Å². The van der Waals surface area contributed by atoms with E-state index in [0.717, 1.165) is 14.8 Å². The van der Waals surface area contributed by atoms with Crippen molar-refractivity contribution in [2.75, 3.05) is 29.4 Å². The van der Waals surface area contributed by atoms with Crippen molar-refractivity contribution in [2.24, 2.45) is 0 Å². The lowest BCUT2D eigenvalue weighted by molar-refractivity contribution is -0.114. The van der Waals surface area contributed by atoms with Gasteiger partial charge in [-0.25, -0.2) is 12.8 Å². The predicted molar refractivity (Wildman–Crippen MR) is 121 cm³/mol. The molecule has 0 radical (unpaired) electrons. The van der Waals surface area contributed by atoms with Crippen LogP contribution in [-0.4, -0.2) is 34.1 Å². The molecule has 3 aromatic carbocycles. The highest BCUT2D eigenvalue weighted by Crippen LogP contribution is 2.34. The van der Waals surface area contributed by atoms with Gasteiger partial charge < -0.3 is 14.8 Å². The topological polar surface area (TPSA) is 84.9 Å². The van der Waals surface area contributed by atoms with E-state index in [9.17, 15) is 17.6 Å². The largest absolute Gasteiger partial charge is 0.486 e. The quantitative estimate of drug-likeness (QED) is 0.526. The monoisotopic (exact) mass is 520 g/mol. The third-order valence-corrected chi connectivity index (χ3v) is 6.86. The zero-order valence-corrected chi connectivity index (χ0v) is 19.0. The van der Waals surface area contributed by atoms with E-state index in [2.05, 4.69) is 21.2 Å². The van der Waals surface area contributed by atoms with Gasteiger partial charge in [0.25, 0.3) is 10.0 Å². The molecule has 1 N–H and O–H groups in total. The van der Waals surface area contributed by atoms with Crippen LogP contribution in [0.25, 0.3) is 0 Å². The van der Waals surface area contributed by atoms with Crippen LogP contribution in [0.4, 0.5) is 15.8 Å². The molecule has 4 rings (SSSR count). The minimum atomic E-state index is -4.24. The second-order valence-electron chi connectivity index (χ2n) is 6.86. The molecule has 0 saturated carbocycles. The minimum absolute atomic E-state index is 0.0179. The number of carbonyl (C=O) groups excluding carboxylic acids is 1. The van der Waals surface area contributed by atoms with Gasteiger partial charge in [-0.3, -0.25) is 9.10 Å². The maximum atomic E-state index is 13.9. The number of rotatable bonds is 6. The molecule has 0 spiro atoms. The van der Waals surface area contributed by atoms with Crippen LogP contribution in [-0.2, 0) is 14.8 Å². The molecule has 32 heavy (non-hydrogen) atoms. The molecule has 0 atom stereocenters. The Morgan fingerprint density at radius 3 is 2.50 bits per heavy atom. The summed E-state index contributed by atoms with van der Waals surface area (Å²) in [5, 5.41) is 2.66. The number of amides is 1. The highest BCUT2D eigenvalue weighted by Gasteiger charge is 2.29. The number of ether oxygens (including phenoxy) is 2. The van der Waals surface area contributed by atoms with Gasteiger partial charge in [-0.15, -0.1) is 0 Å². The maximum absolute atomic E-state index is 13.9. The van der Waals surface area contributed by atoms with Crippen molar-refractivity contribution in [3.8, 4) is 11.5 Å². The van der Waals surface area contributed by atoms with Crippen LogP contribution in [0.15, 0.2) is 76.1 Å². The number of fused-ring (bicyclic) bond motifs is 1. The first-order valence-electron chi connectivity index (χ1n) is 9.56. The molecule has 1 heterocycles. The van der Waals surface area contributed by atoms with Crippen molar-refractivity contribution in [1.29, 1.82) is 0 Å². The Kier molecular flexibility index (Phi) is 6.33. The Bertz CT molecular complexity index is 1270. The second kappa shape index (κ2) is 9.17. The number of carbonyl (C=O) groups is 1. The normalized spacial score (nSPS) is 12.8. The standard InChI is InChI=1S/C22H18BrFN2O5S/c23-15-3-1-5-17(11-15)25-22(27)14-26(18-6-2-4-16(24)12-18)32(28,29)19-7-8-20-21(13-19)31-10-9-30-20/h1-8,11-13H,9-10,14H2,(H,25,27). The van der Waals surface area contributed by atoms with E-state index in [-0.39, 0.29) is 16.3 Å². The van der Waals surface area contributed by atoms with Crippen LogP contribution in [0, 0.1) is 5.82 Å². The molecule has 0 aliphatic carbocycles. The van der Waals surface area contributed by atoms with Crippen LogP contribution in [0.3, 0.4) is 0 Å². The van der Waals surface area contributed by atoms with Gasteiger partial charge in [0.2, 0.25) is 5.91 Å². The summed E-state index contributed by atoms with van der Waals surface area (Å²) in [6.07, 6.45) is 0. The molecule has 1 aliphatic rings. The molecular weight excluding hydrogens is 503 g/mol. The molecule has 1 amide bonds. The van der Waals surface area contributed by atoms with Crippen LogP contribution in [0.2, 0.25) is 0 Å². The molecular formula is C22H18BrFN2O5S. The molecule has 0 unspecified atom stereocenters. The van der Waals surface area contributed by atoms with Gasteiger partial charge in [0.05, 0.1) is 10.6 Å². The van der Waals surface area contributed by atoms with E-state index >= 15 is 0 Å². The lowest BCUT2D eigenvalue weighted by atomic mass is 10.3.